The van der Waals surface area contributed by atoms with Crippen LogP contribution in [0.4, 0.5) is 9.18 Å². The number of rotatable bonds is 2. The number of ether oxygens (including phenoxy) is 1. The molecular weight excluding hydrogens is 391 g/mol. The Morgan fingerprint density at radius 2 is 1.88 bits per heavy atom. The minimum Gasteiger partial charge on any atom is -0.444 e. The van der Waals surface area contributed by atoms with Crippen LogP contribution in [-0.2, 0) is 4.74 Å². The number of hydrogen-bond donors (Lipinski definition) is 0. The molecule has 0 aromatic heterocycles. The third-order valence-electron chi connectivity index (χ3n) is 4.15. The lowest BCUT2D eigenvalue weighted by molar-refractivity contribution is 0.0160. The molecule has 0 radical (unpaired) electrons. The molecule has 0 N–H and O–H groups in total. The van der Waals surface area contributed by atoms with E-state index in [0.29, 0.717) is 36.0 Å². The van der Waals surface area contributed by atoms with E-state index in [9.17, 15) is 14.0 Å². The van der Waals surface area contributed by atoms with Crippen molar-refractivity contribution in [2.45, 2.75) is 45.3 Å². The van der Waals surface area contributed by atoms with E-state index < -0.39 is 11.4 Å². The van der Waals surface area contributed by atoms with E-state index >= 15 is 0 Å². The number of carbonyl (C=O) groups is 2. The van der Waals surface area contributed by atoms with Crippen LogP contribution in [0.1, 0.15) is 44.0 Å². The number of halogens is 2. The van der Waals surface area contributed by atoms with Gasteiger partial charge < -0.3 is 14.5 Å². The lowest BCUT2D eigenvalue weighted by Gasteiger charge is -2.37. The van der Waals surface area contributed by atoms with Gasteiger partial charge in [-0.15, -0.1) is 0 Å². The van der Waals surface area contributed by atoms with Gasteiger partial charge in [-0.1, -0.05) is 0 Å². The number of hydrogen-bond acceptors (Lipinski definition) is 3. The summed E-state index contributed by atoms with van der Waals surface area (Å²) in [6.07, 6.45) is 1.04. The van der Waals surface area contributed by atoms with Crippen molar-refractivity contribution in [3.63, 3.8) is 0 Å². The zero-order valence-electron chi connectivity index (χ0n) is 15.0. The highest BCUT2D eigenvalue weighted by molar-refractivity contribution is 9.10. The third-order valence-corrected chi connectivity index (χ3v) is 4.80. The van der Waals surface area contributed by atoms with Gasteiger partial charge in [-0.25, -0.2) is 9.18 Å². The summed E-state index contributed by atoms with van der Waals surface area (Å²) in [5.41, 5.74) is -0.0892. The molecule has 0 bridgehead atoms. The fourth-order valence-electron chi connectivity index (χ4n) is 2.78. The van der Waals surface area contributed by atoms with E-state index in [2.05, 4.69) is 15.9 Å². The molecule has 2 rings (SSSR count). The van der Waals surface area contributed by atoms with Crippen LogP contribution in [0, 0.1) is 5.82 Å². The van der Waals surface area contributed by atoms with Gasteiger partial charge in [-0.2, -0.15) is 0 Å². The summed E-state index contributed by atoms with van der Waals surface area (Å²) in [6, 6.07) is 4.07. The first-order valence-corrected chi connectivity index (χ1v) is 9.08. The number of likely N-dealkylation sites (tertiary alicyclic amines) is 1. The summed E-state index contributed by atoms with van der Waals surface area (Å²) in [4.78, 5) is 28.1. The molecule has 0 atom stereocenters. The van der Waals surface area contributed by atoms with Crippen molar-refractivity contribution in [1.29, 1.82) is 0 Å². The SMILES string of the molecule is CN(C(=O)c1ccc(F)cc1Br)C1CCN(C(=O)OC(C)(C)C)CC1. The monoisotopic (exact) mass is 414 g/mol. The smallest absolute Gasteiger partial charge is 0.410 e. The minimum atomic E-state index is -0.518. The van der Waals surface area contributed by atoms with Crippen molar-refractivity contribution < 1.29 is 18.7 Å². The van der Waals surface area contributed by atoms with Crippen LogP contribution in [-0.4, -0.2) is 53.6 Å². The van der Waals surface area contributed by atoms with E-state index in [1.54, 1.807) is 16.8 Å². The first-order chi connectivity index (χ1) is 11.6. The molecule has 25 heavy (non-hydrogen) atoms. The molecule has 0 unspecified atom stereocenters. The second kappa shape index (κ2) is 7.72. The van der Waals surface area contributed by atoms with E-state index in [-0.39, 0.29) is 18.0 Å². The Bertz CT molecular complexity index is 652. The maximum atomic E-state index is 13.2. The van der Waals surface area contributed by atoms with Crippen molar-refractivity contribution in [2.75, 3.05) is 20.1 Å². The first-order valence-electron chi connectivity index (χ1n) is 8.28. The molecule has 1 aromatic rings. The van der Waals surface area contributed by atoms with Crippen molar-refractivity contribution in [3.8, 4) is 0 Å². The van der Waals surface area contributed by atoms with Gasteiger partial charge in [0, 0.05) is 30.7 Å². The molecule has 1 aliphatic rings. The molecule has 5 nitrogen and oxygen atoms in total. The Morgan fingerprint density at radius 1 is 1.28 bits per heavy atom. The summed E-state index contributed by atoms with van der Waals surface area (Å²) in [7, 11) is 1.74. The summed E-state index contributed by atoms with van der Waals surface area (Å²) in [6.45, 7) is 6.60. The molecule has 2 amide bonds. The van der Waals surface area contributed by atoms with Crippen LogP contribution >= 0.6 is 15.9 Å². The van der Waals surface area contributed by atoms with Gasteiger partial charge in [0.25, 0.3) is 5.91 Å². The zero-order valence-corrected chi connectivity index (χ0v) is 16.6. The van der Waals surface area contributed by atoms with Crippen LogP contribution in [0.3, 0.4) is 0 Å². The van der Waals surface area contributed by atoms with Gasteiger partial charge in [-0.3, -0.25) is 4.79 Å². The number of carbonyl (C=O) groups excluding carboxylic acids is 2. The molecule has 0 saturated carbocycles. The maximum absolute atomic E-state index is 13.2. The van der Waals surface area contributed by atoms with E-state index in [1.165, 1.54) is 18.2 Å². The molecule has 0 aliphatic carbocycles. The predicted octanol–water partition coefficient (Wildman–Crippen LogP) is 4.06. The molecule has 138 valence electrons. The fourth-order valence-corrected chi connectivity index (χ4v) is 3.30. The zero-order chi connectivity index (χ0) is 18.8. The second-order valence-corrected chi connectivity index (χ2v) is 8.09. The first kappa shape index (κ1) is 19.7. The van der Waals surface area contributed by atoms with Gasteiger partial charge >= 0.3 is 6.09 Å². The molecule has 1 saturated heterocycles. The molecule has 0 spiro atoms. The summed E-state index contributed by atoms with van der Waals surface area (Å²) < 4.78 is 19.0. The third kappa shape index (κ3) is 5.17. The number of piperidine rings is 1. The van der Waals surface area contributed by atoms with Gasteiger partial charge in [-0.05, 0) is 67.7 Å². The van der Waals surface area contributed by atoms with Crippen molar-refractivity contribution in [3.05, 3.63) is 34.1 Å². The highest BCUT2D eigenvalue weighted by Gasteiger charge is 2.30. The van der Waals surface area contributed by atoms with Crippen molar-refractivity contribution in [2.24, 2.45) is 0 Å². The summed E-state index contributed by atoms with van der Waals surface area (Å²) in [5.74, 6) is -0.556. The van der Waals surface area contributed by atoms with Gasteiger partial charge in [0.05, 0.1) is 5.56 Å². The average molecular weight is 415 g/mol. The highest BCUT2D eigenvalue weighted by atomic mass is 79.9. The van der Waals surface area contributed by atoms with E-state index in [0.717, 1.165) is 0 Å². The van der Waals surface area contributed by atoms with Gasteiger partial charge in [0.15, 0.2) is 0 Å². The molecular formula is C18H24BrFN2O3. The van der Waals surface area contributed by atoms with Gasteiger partial charge in [0.2, 0.25) is 0 Å². The topological polar surface area (TPSA) is 49.9 Å². The van der Waals surface area contributed by atoms with Crippen LogP contribution < -0.4 is 0 Å². The predicted molar refractivity (Wildman–Crippen MR) is 97.0 cm³/mol. The molecule has 1 aliphatic heterocycles. The van der Waals surface area contributed by atoms with Crippen molar-refractivity contribution >= 4 is 27.9 Å². The molecule has 1 fully saturated rings. The molecule has 1 heterocycles. The van der Waals surface area contributed by atoms with E-state index in [4.69, 9.17) is 4.74 Å². The number of benzene rings is 1. The minimum absolute atomic E-state index is 0.0307. The summed E-state index contributed by atoms with van der Waals surface area (Å²) >= 11 is 3.24. The quantitative estimate of drug-likeness (QED) is 0.732. The second-order valence-electron chi connectivity index (χ2n) is 7.24. The largest absolute Gasteiger partial charge is 0.444 e. The summed E-state index contributed by atoms with van der Waals surface area (Å²) in [5, 5.41) is 0. The van der Waals surface area contributed by atoms with Gasteiger partial charge in [0.1, 0.15) is 11.4 Å². The lowest BCUT2D eigenvalue weighted by Crippen LogP contribution is -2.48. The molecule has 7 heteroatoms. The Balaban J connectivity index is 1.95. The average Bonchev–Trinajstić information content (AvgIpc) is 2.52. The van der Waals surface area contributed by atoms with Crippen LogP contribution in [0.25, 0.3) is 0 Å². The Kier molecular flexibility index (Phi) is 6.08. The lowest BCUT2D eigenvalue weighted by atomic mass is 10.0. The number of nitrogens with zero attached hydrogens (tertiary/aromatic N) is 2. The Labute approximate surface area is 156 Å². The molecule has 1 aromatic carbocycles. The Hall–Kier alpha value is -1.63. The van der Waals surface area contributed by atoms with Crippen LogP contribution in [0.5, 0.6) is 0 Å². The Morgan fingerprint density at radius 3 is 2.40 bits per heavy atom. The van der Waals surface area contributed by atoms with Crippen LogP contribution in [0.15, 0.2) is 22.7 Å². The highest BCUT2D eigenvalue weighted by Crippen LogP contribution is 2.23. The normalized spacial score (nSPS) is 15.8. The standard InChI is InChI=1S/C18H24BrFN2O3/c1-18(2,3)25-17(24)22-9-7-13(8-10-22)21(4)16(23)14-6-5-12(20)11-15(14)19/h5-6,11,13H,7-10H2,1-4H3. The van der Waals surface area contributed by atoms with Crippen molar-refractivity contribution in [1.82, 2.24) is 9.80 Å². The number of amides is 2. The van der Waals surface area contributed by atoms with Crippen LogP contribution in [0.2, 0.25) is 0 Å². The maximum Gasteiger partial charge on any atom is 0.410 e. The fraction of sp³-hybridized carbons (Fsp3) is 0.556. The van der Waals surface area contributed by atoms with E-state index in [1.807, 2.05) is 20.8 Å².